The van der Waals surface area contributed by atoms with Crippen LogP contribution in [0, 0.1) is 0 Å². The number of carbonyl (C=O) groups is 2. The molecule has 3 atom stereocenters. The number of hydrogen-bond donors (Lipinski definition) is 3. The van der Waals surface area contributed by atoms with Gasteiger partial charge in [-0.15, -0.1) is 0 Å². The van der Waals surface area contributed by atoms with Crippen molar-refractivity contribution in [3.63, 3.8) is 0 Å². The highest BCUT2D eigenvalue weighted by molar-refractivity contribution is 5.77. The molecule has 0 aromatic rings. The van der Waals surface area contributed by atoms with Crippen molar-refractivity contribution < 1.29 is 24.5 Å². The van der Waals surface area contributed by atoms with Crippen molar-refractivity contribution in [2.75, 3.05) is 6.61 Å². The van der Waals surface area contributed by atoms with Crippen molar-refractivity contribution in [1.82, 2.24) is 5.32 Å². The van der Waals surface area contributed by atoms with E-state index in [9.17, 15) is 19.8 Å². The Labute approximate surface area is 329 Å². The molecule has 0 saturated heterocycles. The predicted octanol–water partition coefficient (Wildman–Crippen LogP) is 13.4. The van der Waals surface area contributed by atoms with Crippen LogP contribution in [-0.4, -0.2) is 46.9 Å². The van der Waals surface area contributed by atoms with Gasteiger partial charge in [-0.05, 0) is 44.9 Å². The first-order valence-corrected chi connectivity index (χ1v) is 23.4. The molecule has 0 radical (unpaired) electrons. The van der Waals surface area contributed by atoms with Crippen LogP contribution in [0.25, 0.3) is 0 Å². The molecule has 0 rings (SSSR count). The highest BCUT2D eigenvalue weighted by Crippen LogP contribution is 2.18. The fraction of sp³-hybridized carbons (Fsp3) is 0.915. The molecule has 0 aliphatic heterocycles. The van der Waals surface area contributed by atoms with E-state index in [0.29, 0.717) is 19.3 Å². The second-order valence-electron chi connectivity index (χ2n) is 16.2. The molecule has 0 heterocycles. The summed E-state index contributed by atoms with van der Waals surface area (Å²) in [6.45, 7) is 6.42. The van der Waals surface area contributed by atoms with E-state index >= 15 is 0 Å². The van der Waals surface area contributed by atoms with Crippen molar-refractivity contribution >= 4 is 11.9 Å². The number of unbranched alkanes of at least 4 members (excludes halogenated alkanes) is 28. The maximum absolute atomic E-state index is 13.1. The molecule has 0 aliphatic rings. The standard InChI is InChI=1S/C47H91NO5/c1-4-7-10-13-16-19-20-21-22-23-24-25-28-31-34-37-40-47(52)53-43(38-35-32-29-26-17-14-11-8-5-2)41-46(51)48-44(42-49)45(50)39-36-33-30-27-18-15-12-9-6-3/h14,17,43-45,49-50H,4-13,15-16,18-42H2,1-3H3,(H,48,51)/b17-14-. The van der Waals surface area contributed by atoms with Gasteiger partial charge in [0.1, 0.15) is 6.10 Å². The summed E-state index contributed by atoms with van der Waals surface area (Å²) in [6.07, 6.45) is 44.2. The summed E-state index contributed by atoms with van der Waals surface area (Å²) >= 11 is 0. The van der Waals surface area contributed by atoms with Crippen LogP contribution in [0.5, 0.6) is 0 Å². The van der Waals surface area contributed by atoms with Gasteiger partial charge in [0.2, 0.25) is 5.91 Å². The number of allylic oxidation sites excluding steroid dienone is 2. The number of amides is 1. The Morgan fingerprint density at radius 1 is 0.528 bits per heavy atom. The lowest BCUT2D eigenvalue weighted by Crippen LogP contribution is -2.46. The fourth-order valence-corrected chi connectivity index (χ4v) is 7.23. The van der Waals surface area contributed by atoms with E-state index in [0.717, 1.165) is 70.6 Å². The van der Waals surface area contributed by atoms with Crippen molar-refractivity contribution in [1.29, 1.82) is 0 Å². The van der Waals surface area contributed by atoms with Crippen molar-refractivity contribution in [3.05, 3.63) is 12.2 Å². The second-order valence-corrected chi connectivity index (χ2v) is 16.2. The number of rotatable bonds is 42. The first kappa shape index (κ1) is 51.6. The van der Waals surface area contributed by atoms with Gasteiger partial charge in [-0.2, -0.15) is 0 Å². The van der Waals surface area contributed by atoms with Gasteiger partial charge in [0.15, 0.2) is 0 Å². The Hall–Kier alpha value is -1.40. The van der Waals surface area contributed by atoms with Gasteiger partial charge in [-0.3, -0.25) is 9.59 Å². The van der Waals surface area contributed by atoms with E-state index in [1.54, 1.807) is 0 Å². The number of carbonyl (C=O) groups excluding carboxylic acids is 2. The average Bonchev–Trinajstić information content (AvgIpc) is 3.15. The minimum atomic E-state index is -0.783. The molecule has 1 amide bonds. The number of esters is 1. The van der Waals surface area contributed by atoms with Crippen LogP contribution in [0.4, 0.5) is 0 Å². The predicted molar refractivity (Wildman–Crippen MR) is 227 cm³/mol. The minimum absolute atomic E-state index is 0.0723. The maximum atomic E-state index is 13.1. The molecule has 0 fully saturated rings. The normalized spacial score (nSPS) is 13.4. The van der Waals surface area contributed by atoms with Gasteiger partial charge in [-0.25, -0.2) is 0 Å². The van der Waals surface area contributed by atoms with Gasteiger partial charge >= 0.3 is 5.97 Å². The van der Waals surface area contributed by atoms with E-state index in [2.05, 4.69) is 38.2 Å². The zero-order valence-corrected chi connectivity index (χ0v) is 35.7. The van der Waals surface area contributed by atoms with Crippen LogP contribution in [0.2, 0.25) is 0 Å². The first-order chi connectivity index (χ1) is 26.0. The SMILES string of the molecule is CCCC/C=C\CCCCCC(CC(=O)NC(CO)C(O)CCCCCCCCCCC)OC(=O)CCCCCCCCCCCCCCCCCC. The van der Waals surface area contributed by atoms with Crippen LogP contribution in [0.1, 0.15) is 252 Å². The first-order valence-electron chi connectivity index (χ1n) is 23.4. The summed E-state index contributed by atoms with van der Waals surface area (Å²) in [7, 11) is 0. The highest BCUT2D eigenvalue weighted by Gasteiger charge is 2.24. The molecular formula is C47H91NO5. The Bertz CT molecular complexity index is 802. The molecule has 0 aromatic carbocycles. The van der Waals surface area contributed by atoms with Crippen LogP contribution in [0.3, 0.4) is 0 Å². The Kier molecular flexibility index (Phi) is 40.7. The molecule has 0 saturated carbocycles. The number of aliphatic hydroxyl groups is 2. The second kappa shape index (κ2) is 41.8. The topological polar surface area (TPSA) is 95.9 Å². The highest BCUT2D eigenvalue weighted by atomic mass is 16.5. The minimum Gasteiger partial charge on any atom is -0.462 e. The van der Waals surface area contributed by atoms with Crippen LogP contribution in [-0.2, 0) is 14.3 Å². The summed E-state index contributed by atoms with van der Waals surface area (Å²) in [5.41, 5.74) is 0. The maximum Gasteiger partial charge on any atom is 0.306 e. The van der Waals surface area contributed by atoms with E-state index in [1.165, 1.54) is 135 Å². The zero-order valence-electron chi connectivity index (χ0n) is 35.7. The number of ether oxygens (including phenoxy) is 1. The van der Waals surface area contributed by atoms with Gasteiger partial charge in [0, 0.05) is 6.42 Å². The van der Waals surface area contributed by atoms with Crippen LogP contribution >= 0.6 is 0 Å². The monoisotopic (exact) mass is 750 g/mol. The molecule has 6 nitrogen and oxygen atoms in total. The third-order valence-electron chi connectivity index (χ3n) is 10.8. The number of hydrogen-bond acceptors (Lipinski definition) is 5. The largest absolute Gasteiger partial charge is 0.462 e. The molecule has 53 heavy (non-hydrogen) atoms. The lowest BCUT2D eigenvalue weighted by Gasteiger charge is -2.24. The Morgan fingerprint density at radius 2 is 0.925 bits per heavy atom. The lowest BCUT2D eigenvalue weighted by atomic mass is 10.0. The quantitative estimate of drug-likeness (QED) is 0.0328. The van der Waals surface area contributed by atoms with Crippen LogP contribution < -0.4 is 5.32 Å². The smallest absolute Gasteiger partial charge is 0.306 e. The van der Waals surface area contributed by atoms with E-state index in [4.69, 9.17) is 4.74 Å². The van der Waals surface area contributed by atoms with Gasteiger partial charge < -0.3 is 20.3 Å². The third kappa shape index (κ3) is 37.3. The summed E-state index contributed by atoms with van der Waals surface area (Å²) < 4.78 is 5.89. The molecule has 0 spiro atoms. The Balaban J connectivity index is 4.45. The average molecular weight is 750 g/mol. The third-order valence-corrected chi connectivity index (χ3v) is 10.8. The van der Waals surface area contributed by atoms with E-state index < -0.39 is 18.2 Å². The summed E-state index contributed by atoms with van der Waals surface area (Å²) in [5, 5.41) is 23.5. The molecule has 3 unspecified atom stereocenters. The molecule has 6 heteroatoms. The summed E-state index contributed by atoms with van der Waals surface area (Å²) in [4.78, 5) is 25.9. The molecular weight excluding hydrogens is 659 g/mol. The van der Waals surface area contributed by atoms with Crippen LogP contribution in [0.15, 0.2) is 12.2 Å². The van der Waals surface area contributed by atoms with Gasteiger partial charge in [0.25, 0.3) is 0 Å². The van der Waals surface area contributed by atoms with E-state index in [-0.39, 0.29) is 24.9 Å². The van der Waals surface area contributed by atoms with Gasteiger partial charge in [-0.1, -0.05) is 206 Å². The molecule has 0 aromatic heterocycles. The molecule has 314 valence electrons. The van der Waals surface area contributed by atoms with E-state index in [1.807, 2.05) is 0 Å². The summed E-state index contributed by atoms with van der Waals surface area (Å²) in [6, 6.07) is -0.697. The molecule has 0 bridgehead atoms. The van der Waals surface area contributed by atoms with Crippen molar-refractivity contribution in [2.45, 2.75) is 270 Å². The van der Waals surface area contributed by atoms with Crippen molar-refractivity contribution in [3.8, 4) is 0 Å². The zero-order chi connectivity index (χ0) is 38.9. The van der Waals surface area contributed by atoms with Crippen molar-refractivity contribution in [2.24, 2.45) is 0 Å². The molecule has 3 N–H and O–H groups in total. The molecule has 0 aliphatic carbocycles. The lowest BCUT2D eigenvalue weighted by molar-refractivity contribution is -0.151. The number of nitrogens with one attached hydrogen (secondary N) is 1. The van der Waals surface area contributed by atoms with Gasteiger partial charge in [0.05, 0.1) is 25.2 Å². The summed E-state index contributed by atoms with van der Waals surface area (Å²) in [5.74, 6) is -0.481. The Morgan fingerprint density at radius 3 is 1.40 bits per heavy atom. The fourth-order valence-electron chi connectivity index (χ4n) is 7.23. The number of aliphatic hydroxyl groups excluding tert-OH is 2.